The minimum atomic E-state index is 0.839. The summed E-state index contributed by atoms with van der Waals surface area (Å²) in [6.07, 6.45) is 10.5. The van der Waals surface area contributed by atoms with Crippen LogP contribution in [0.25, 0.3) is 5.57 Å². The first-order valence-electron chi connectivity index (χ1n) is 6.08. The molecule has 2 heterocycles. The maximum Gasteiger partial charge on any atom is 0.138 e. The Morgan fingerprint density at radius 1 is 1.56 bits per heavy atom. The summed E-state index contributed by atoms with van der Waals surface area (Å²) >= 11 is 3.07. The number of hydrogen-bond acceptors (Lipinski definition) is 5. The Balaban J connectivity index is 1.99. The fourth-order valence-electron chi connectivity index (χ4n) is 1.88. The zero-order valence-electron chi connectivity index (χ0n) is 10.6. The van der Waals surface area contributed by atoms with Crippen LogP contribution in [0.3, 0.4) is 0 Å². The van der Waals surface area contributed by atoms with Crippen molar-refractivity contribution in [1.29, 1.82) is 0 Å². The van der Waals surface area contributed by atoms with Crippen LogP contribution in [0.2, 0.25) is 0 Å². The van der Waals surface area contributed by atoms with Gasteiger partial charge in [0.25, 0.3) is 0 Å². The number of nitrogens with zero attached hydrogens (tertiary/aromatic N) is 3. The van der Waals surface area contributed by atoms with Gasteiger partial charge in [0.15, 0.2) is 0 Å². The number of hydrogen-bond donors (Lipinski definition) is 0. The molecule has 2 rings (SSSR count). The van der Waals surface area contributed by atoms with Crippen molar-refractivity contribution < 1.29 is 0 Å². The summed E-state index contributed by atoms with van der Waals surface area (Å²) in [6.45, 7) is 2.11. The summed E-state index contributed by atoms with van der Waals surface area (Å²) in [5, 5.41) is 1.07. The number of rotatable bonds is 5. The lowest BCUT2D eigenvalue weighted by molar-refractivity contribution is 0.372. The Morgan fingerprint density at radius 3 is 3.22 bits per heavy atom. The lowest BCUT2D eigenvalue weighted by atomic mass is 10.1. The molecule has 0 spiro atoms. The van der Waals surface area contributed by atoms with Gasteiger partial charge in [-0.1, -0.05) is 6.08 Å². The van der Waals surface area contributed by atoms with Gasteiger partial charge in [-0.25, -0.2) is 0 Å². The minimum absolute atomic E-state index is 0.839. The van der Waals surface area contributed by atoms with Crippen molar-refractivity contribution in [1.82, 2.24) is 13.6 Å². The first kappa shape index (κ1) is 13.6. The van der Waals surface area contributed by atoms with Crippen LogP contribution in [0, 0.1) is 12.3 Å². The third kappa shape index (κ3) is 3.58. The average Bonchev–Trinajstić information content (AvgIpc) is 2.83. The molecule has 0 saturated heterocycles. The van der Waals surface area contributed by atoms with Crippen LogP contribution < -0.4 is 0 Å². The van der Waals surface area contributed by atoms with Gasteiger partial charge in [-0.3, -0.25) is 0 Å². The van der Waals surface area contributed by atoms with E-state index in [1.165, 1.54) is 17.3 Å². The molecule has 0 N–H and O–H groups in total. The molecule has 1 aromatic rings. The van der Waals surface area contributed by atoms with Crippen molar-refractivity contribution in [3.63, 3.8) is 0 Å². The molecule has 5 heteroatoms. The van der Waals surface area contributed by atoms with Gasteiger partial charge in [-0.05, 0) is 25.5 Å². The molecule has 18 heavy (non-hydrogen) atoms. The molecule has 0 radical (unpaired) electrons. The first-order chi connectivity index (χ1) is 8.81. The molecule has 0 unspecified atom stereocenters. The fraction of sp³-hybridized carbons (Fsp3) is 0.538. The van der Waals surface area contributed by atoms with Gasteiger partial charge in [0.05, 0.1) is 11.7 Å². The largest absolute Gasteiger partial charge is 0.302 e. The predicted octanol–water partition coefficient (Wildman–Crippen LogP) is 2.76. The van der Waals surface area contributed by atoms with Gasteiger partial charge >= 0.3 is 0 Å². The Bertz CT molecular complexity index is 459. The highest BCUT2D eigenvalue weighted by Crippen LogP contribution is 2.29. The molecular weight excluding hydrogens is 262 g/mol. The second kappa shape index (κ2) is 6.93. The molecule has 0 amide bonds. The zero-order chi connectivity index (χ0) is 12.8. The van der Waals surface area contributed by atoms with Crippen molar-refractivity contribution in [3.8, 4) is 12.3 Å². The molecule has 0 saturated carbocycles. The topological polar surface area (TPSA) is 29.0 Å². The molecule has 1 aliphatic rings. The number of likely N-dealkylation sites (N-methyl/N-ethyl adjacent to an activating group) is 1. The van der Waals surface area contributed by atoms with Crippen LogP contribution in [0.15, 0.2) is 11.1 Å². The maximum atomic E-state index is 5.25. The van der Waals surface area contributed by atoms with Gasteiger partial charge in [0, 0.05) is 25.3 Å². The first-order valence-corrected chi connectivity index (χ1v) is 7.79. The van der Waals surface area contributed by atoms with Crippen LogP contribution >= 0.6 is 23.5 Å². The van der Waals surface area contributed by atoms with Crippen molar-refractivity contribution in [2.75, 3.05) is 25.9 Å². The van der Waals surface area contributed by atoms with Crippen LogP contribution in [-0.2, 0) is 0 Å². The normalized spacial score (nSPS) is 16.3. The molecule has 3 nitrogen and oxygen atoms in total. The number of thioether (sulfide) groups is 1. The van der Waals surface area contributed by atoms with E-state index in [2.05, 4.69) is 32.7 Å². The minimum Gasteiger partial charge on any atom is -0.302 e. The standard InChI is InChI=1S/C13H17N3S2/c1-3-4-5-9-17-13-12(14-18-15-13)11-7-6-8-16(2)10-11/h1,7H,4-6,8-10H2,2H3. The molecule has 0 bridgehead atoms. The molecule has 0 aromatic carbocycles. The van der Waals surface area contributed by atoms with E-state index < -0.39 is 0 Å². The van der Waals surface area contributed by atoms with E-state index in [4.69, 9.17) is 6.42 Å². The summed E-state index contributed by atoms with van der Waals surface area (Å²) in [7, 11) is 2.15. The lowest BCUT2D eigenvalue weighted by Crippen LogP contribution is -2.25. The number of unbranched alkanes of at least 4 members (excludes halogenated alkanes) is 1. The Hall–Kier alpha value is -0.830. The van der Waals surface area contributed by atoms with Crippen molar-refractivity contribution in [2.45, 2.75) is 24.3 Å². The second-order valence-electron chi connectivity index (χ2n) is 4.33. The summed E-state index contributed by atoms with van der Waals surface area (Å²) in [5.41, 5.74) is 2.40. The van der Waals surface area contributed by atoms with Crippen LogP contribution in [-0.4, -0.2) is 39.5 Å². The molecule has 0 atom stereocenters. The third-order valence-electron chi connectivity index (χ3n) is 2.81. The second-order valence-corrected chi connectivity index (χ2v) is 5.94. The average molecular weight is 279 g/mol. The highest BCUT2D eigenvalue weighted by atomic mass is 32.2. The van der Waals surface area contributed by atoms with Crippen molar-refractivity contribution in [2.24, 2.45) is 0 Å². The van der Waals surface area contributed by atoms with Gasteiger partial charge in [0.2, 0.25) is 0 Å². The SMILES string of the molecule is C#CCCCSc1nsnc1C1=CCCN(C)C1. The van der Waals surface area contributed by atoms with E-state index in [9.17, 15) is 0 Å². The number of terminal acetylenes is 1. The van der Waals surface area contributed by atoms with Crippen molar-refractivity contribution in [3.05, 3.63) is 11.8 Å². The quantitative estimate of drug-likeness (QED) is 0.471. The molecule has 96 valence electrons. The summed E-state index contributed by atoms with van der Waals surface area (Å²) in [5.74, 6) is 3.69. The van der Waals surface area contributed by atoms with E-state index >= 15 is 0 Å². The monoisotopic (exact) mass is 279 g/mol. The Kier molecular flexibility index (Phi) is 5.24. The third-order valence-corrected chi connectivity index (χ3v) is 4.50. The molecule has 0 aliphatic carbocycles. The molecule has 1 aromatic heterocycles. The van der Waals surface area contributed by atoms with E-state index in [1.54, 1.807) is 11.8 Å². The zero-order valence-corrected chi connectivity index (χ0v) is 12.2. The highest BCUT2D eigenvalue weighted by Gasteiger charge is 2.17. The van der Waals surface area contributed by atoms with E-state index in [0.717, 1.165) is 48.8 Å². The maximum absolute atomic E-state index is 5.25. The van der Waals surface area contributed by atoms with Crippen LogP contribution in [0.4, 0.5) is 0 Å². The Morgan fingerprint density at radius 2 is 2.44 bits per heavy atom. The summed E-state index contributed by atoms with van der Waals surface area (Å²) in [6, 6.07) is 0. The predicted molar refractivity (Wildman–Crippen MR) is 78.8 cm³/mol. The smallest absolute Gasteiger partial charge is 0.138 e. The summed E-state index contributed by atoms with van der Waals surface area (Å²) < 4.78 is 8.84. The molecule has 1 aliphatic heterocycles. The van der Waals surface area contributed by atoms with E-state index in [1.807, 2.05) is 0 Å². The van der Waals surface area contributed by atoms with Gasteiger partial charge in [0.1, 0.15) is 10.7 Å². The summed E-state index contributed by atoms with van der Waals surface area (Å²) in [4.78, 5) is 2.32. The van der Waals surface area contributed by atoms with Gasteiger partial charge < -0.3 is 4.90 Å². The van der Waals surface area contributed by atoms with Crippen LogP contribution in [0.1, 0.15) is 25.0 Å². The van der Waals surface area contributed by atoms with Gasteiger partial charge in [-0.15, -0.1) is 24.1 Å². The molecular formula is C13H17N3S2. The van der Waals surface area contributed by atoms with Crippen LogP contribution in [0.5, 0.6) is 0 Å². The lowest BCUT2D eigenvalue weighted by Gasteiger charge is -2.22. The van der Waals surface area contributed by atoms with E-state index in [-0.39, 0.29) is 0 Å². The molecule has 0 fully saturated rings. The van der Waals surface area contributed by atoms with Crippen molar-refractivity contribution >= 4 is 29.1 Å². The fourth-order valence-corrected chi connectivity index (χ4v) is 3.53. The highest BCUT2D eigenvalue weighted by molar-refractivity contribution is 7.99. The Labute approximate surface area is 117 Å². The van der Waals surface area contributed by atoms with Gasteiger partial charge in [-0.2, -0.15) is 8.75 Å². The van der Waals surface area contributed by atoms with E-state index in [0.29, 0.717) is 0 Å². The number of aromatic nitrogens is 2.